The van der Waals surface area contributed by atoms with Gasteiger partial charge in [-0.2, -0.15) is 0 Å². The Kier molecular flexibility index (Phi) is 8.79. The van der Waals surface area contributed by atoms with E-state index in [0.717, 1.165) is 6.42 Å². The molecule has 0 unspecified atom stereocenters. The zero-order valence-corrected chi connectivity index (χ0v) is 21.8. The van der Waals surface area contributed by atoms with E-state index in [9.17, 15) is 22.8 Å². The molecule has 0 bridgehead atoms. The molecule has 0 aliphatic carbocycles. The molecule has 0 spiro atoms. The van der Waals surface area contributed by atoms with Crippen molar-refractivity contribution in [2.24, 2.45) is 0 Å². The Labute approximate surface area is 215 Å². The molecule has 3 rings (SSSR count). The van der Waals surface area contributed by atoms with Crippen LogP contribution in [0.15, 0.2) is 47.4 Å². The average molecular weight is 540 g/mol. The number of benzene rings is 2. The van der Waals surface area contributed by atoms with Gasteiger partial charge in [0.25, 0.3) is 15.9 Å². The molecule has 1 N–H and O–H groups in total. The number of hydrogen-bond donors (Lipinski definition) is 1. The fraction of sp³-hybridized carbons (Fsp3) is 0.375. The number of hydrogen-bond acceptors (Lipinski definition) is 5. The number of amides is 3. The van der Waals surface area contributed by atoms with Gasteiger partial charge in [-0.3, -0.25) is 14.4 Å². The molecule has 2 aromatic carbocycles. The summed E-state index contributed by atoms with van der Waals surface area (Å²) in [6.45, 7) is 3.74. The van der Waals surface area contributed by atoms with Crippen LogP contribution >= 0.6 is 23.2 Å². The number of nitrogens with one attached hydrogen (secondary N) is 1. The van der Waals surface area contributed by atoms with Gasteiger partial charge in [0.2, 0.25) is 11.8 Å². The van der Waals surface area contributed by atoms with Crippen molar-refractivity contribution in [1.29, 1.82) is 0 Å². The molecule has 0 saturated carbocycles. The molecule has 3 amide bonds. The van der Waals surface area contributed by atoms with Crippen molar-refractivity contribution in [3.63, 3.8) is 0 Å². The maximum atomic E-state index is 13.4. The molecular weight excluding hydrogens is 513 g/mol. The molecule has 35 heavy (non-hydrogen) atoms. The van der Waals surface area contributed by atoms with Gasteiger partial charge in [-0.25, -0.2) is 12.7 Å². The summed E-state index contributed by atoms with van der Waals surface area (Å²) < 4.78 is 26.4. The molecule has 11 heteroatoms. The van der Waals surface area contributed by atoms with E-state index in [0.29, 0.717) is 32.9 Å². The SMILES string of the molecule is CCCNC(=O)[C@H](CC)N(Cc1c(Cl)cccc1Cl)C(=O)CCN1C(=O)c2ccccc2S1(=O)=O. The molecule has 0 aromatic heterocycles. The molecule has 2 aromatic rings. The van der Waals surface area contributed by atoms with Gasteiger partial charge in [-0.05, 0) is 37.1 Å². The van der Waals surface area contributed by atoms with Gasteiger partial charge >= 0.3 is 0 Å². The van der Waals surface area contributed by atoms with Gasteiger partial charge in [0.1, 0.15) is 10.9 Å². The van der Waals surface area contributed by atoms with Crippen LogP contribution in [0.1, 0.15) is 49.0 Å². The first kappa shape index (κ1) is 27.0. The van der Waals surface area contributed by atoms with Crippen LogP contribution in [0.5, 0.6) is 0 Å². The summed E-state index contributed by atoms with van der Waals surface area (Å²) in [5.74, 6) is -1.51. The Morgan fingerprint density at radius 2 is 1.71 bits per heavy atom. The zero-order valence-electron chi connectivity index (χ0n) is 19.5. The highest BCUT2D eigenvalue weighted by molar-refractivity contribution is 7.90. The normalized spacial score (nSPS) is 15.0. The highest BCUT2D eigenvalue weighted by atomic mass is 35.5. The summed E-state index contributed by atoms with van der Waals surface area (Å²) in [5.41, 5.74) is 0.549. The standard InChI is InChI=1S/C24H27Cl2N3O5S/c1-3-13-27-23(31)20(4-2)28(15-17-18(25)9-7-10-19(17)26)22(30)12-14-29-24(32)16-8-5-6-11-21(16)35(29,33)34/h5-11,20H,3-4,12-15H2,1-2H3,(H,27,31)/t20-/m0/s1. The van der Waals surface area contributed by atoms with E-state index in [2.05, 4.69) is 5.32 Å². The minimum absolute atomic E-state index is 0.0453. The summed E-state index contributed by atoms with van der Waals surface area (Å²) in [5, 5.41) is 3.48. The van der Waals surface area contributed by atoms with Crippen molar-refractivity contribution in [3.05, 3.63) is 63.6 Å². The quantitative estimate of drug-likeness (QED) is 0.493. The topological polar surface area (TPSA) is 104 Å². The largest absolute Gasteiger partial charge is 0.354 e. The average Bonchev–Trinajstić information content (AvgIpc) is 3.02. The predicted octanol–water partition coefficient (Wildman–Crippen LogP) is 3.86. The van der Waals surface area contributed by atoms with E-state index in [4.69, 9.17) is 23.2 Å². The Balaban J connectivity index is 1.86. The number of carbonyl (C=O) groups is 3. The van der Waals surface area contributed by atoms with Crippen molar-refractivity contribution >= 4 is 50.9 Å². The lowest BCUT2D eigenvalue weighted by Gasteiger charge is -2.31. The van der Waals surface area contributed by atoms with Gasteiger partial charge in [-0.15, -0.1) is 0 Å². The van der Waals surface area contributed by atoms with E-state index in [1.807, 2.05) is 6.92 Å². The van der Waals surface area contributed by atoms with Crippen LogP contribution < -0.4 is 5.32 Å². The summed E-state index contributed by atoms with van der Waals surface area (Å²) in [7, 11) is -4.05. The maximum absolute atomic E-state index is 13.4. The van der Waals surface area contributed by atoms with E-state index in [1.54, 1.807) is 31.2 Å². The first-order valence-electron chi connectivity index (χ1n) is 11.3. The second kappa shape index (κ2) is 11.4. The van der Waals surface area contributed by atoms with Crippen LogP contribution in [0.4, 0.5) is 0 Å². The Bertz CT molecular complexity index is 1220. The third-order valence-corrected chi connectivity index (χ3v) is 8.31. The number of fused-ring (bicyclic) bond motifs is 1. The third kappa shape index (κ3) is 5.63. The number of rotatable bonds is 10. The van der Waals surface area contributed by atoms with E-state index >= 15 is 0 Å². The fourth-order valence-electron chi connectivity index (χ4n) is 3.93. The molecule has 1 atom stereocenters. The molecule has 1 heterocycles. The molecule has 188 valence electrons. The molecular formula is C24H27Cl2N3O5S. The lowest BCUT2D eigenvalue weighted by atomic mass is 10.1. The van der Waals surface area contributed by atoms with Crippen molar-refractivity contribution in [1.82, 2.24) is 14.5 Å². The Morgan fingerprint density at radius 3 is 2.31 bits per heavy atom. The monoisotopic (exact) mass is 539 g/mol. The van der Waals surface area contributed by atoms with Crippen LogP contribution in [0.2, 0.25) is 10.0 Å². The van der Waals surface area contributed by atoms with Crippen LogP contribution in [0.25, 0.3) is 0 Å². The number of sulfonamides is 1. The fourth-order valence-corrected chi connectivity index (χ4v) is 6.02. The van der Waals surface area contributed by atoms with Gasteiger partial charge < -0.3 is 10.2 Å². The smallest absolute Gasteiger partial charge is 0.269 e. The first-order valence-corrected chi connectivity index (χ1v) is 13.5. The third-order valence-electron chi connectivity index (χ3n) is 5.77. The van der Waals surface area contributed by atoms with Crippen LogP contribution in [0.3, 0.4) is 0 Å². The molecule has 8 nitrogen and oxygen atoms in total. The van der Waals surface area contributed by atoms with Crippen LogP contribution in [-0.4, -0.2) is 54.5 Å². The van der Waals surface area contributed by atoms with Crippen molar-refractivity contribution in [3.8, 4) is 0 Å². The predicted molar refractivity (Wildman–Crippen MR) is 134 cm³/mol. The lowest BCUT2D eigenvalue weighted by Crippen LogP contribution is -2.49. The van der Waals surface area contributed by atoms with Crippen molar-refractivity contribution < 1.29 is 22.8 Å². The van der Waals surface area contributed by atoms with Crippen LogP contribution in [-0.2, 0) is 26.2 Å². The highest BCUT2D eigenvalue weighted by Gasteiger charge is 2.41. The van der Waals surface area contributed by atoms with Crippen LogP contribution in [0, 0.1) is 0 Å². The van der Waals surface area contributed by atoms with Crippen molar-refractivity contribution in [2.75, 3.05) is 13.1 Å². The maximum Gasteiger partial charge on any atom is 0.269 e. The molecule has 0 radical (unpaired) electrons. The van der Waals surface area contributed by atoms with Gasteiger partial charge in [0.05, 0.1) is 5.56 Å². The first-order chi connectivity index (χ1) is 16.6. The number of halogens is 2. The second-order valence-corrected chi connectivity index (χ2v) is 10.7. The summed E-state index contributed by atoms with van der Waals surface area (Å²) in [4.78, 5) is 40.3. The second-order valence-electron chi connectivity index (χ2n) is 8.07. The lowest BCUT2D eigenvalue weighted by molar-refractivity contribution is -0.141. The van der Waals surface area contributed by atoms with Gasteiger partial charge in [-0.1, -0.05) is 55.2 Å². The Hall–Kier alpha value is -2.62. The molecule has 0 fully saturated rings. The molecule has 1 aliphatic heterocycles. The summed E-state index contributed by atoms with van der Waals surface area (Å²) in [6.07, 6.45) is 0.732. The van der Waals surface area contributed by atoms with Gasteiger partial charge in [0.15, 0.2) is 0 Å². The summed E-state index contributed by atoms with van der Waals surface area (Å²) >= 11 is 12.6. The summed E-state index contributed by atoms with van der Waals surface area (Å²) in [6, 6.07) is 10.0. The highest BCUT2D eigenvalue weighted by Crippen LogP contribution is 2.31. The minimum Gasteiger partial charge on any atom is -0.354 e. The van der Waals surface area contributed by atoms with Gasteiger partial charge in [0, 0.05) is 41.7 Å². The minimum atomic E-state index is -4.05. The van der Waals surface area contributed by atoms with E-state index in [1.165, 1.54) is 23.1 Å². The van der Waals surface area contributed by atoms with E-state index in [-0.39, 0.29) is 35.9 Å². The zero-order chi connectivity index (χ0) is 25.8. The van der Waals surface area contributed by atoms with Crippen molar-refractivity contribution in [2.45, 2.75) is 50.6 Å². The molecule has 1 aliphatic rings. The van der Waals surface area contributed by atoms with E-state index < -0.39 is 27.9 Å². The number of carbonyl (C=O) groups excluding carboxylic acids is 3. The Morgan fingerprint density at radius 1 is 1.06 bits per heavy atom. The number of nitrogens with zero attached hydrogens (tertiary/aromatic N) is 2. The molecule has 0 saturated heterocycles.